The van der Waals surface area contributed by atoms with Crippen LogP contribution in [0.2, 0.25) is 0 Å². The summed E-state index contributed by atoms with van der Waals surface area (Å²) >= 11 is 2.09. The normalized spacial score (nSPS) is 22.0. The Morgan fingerprint density at radius 2 is 1.95 bits per heavy atom. The molecule has 0 radical (unpaired) electrons. The highest BCUT2D eigenvalue weighted by molar-refractivity contribution is 7.99. The highest BCUT2D eigenvalue weighted by Crippen LogP contribution is 2.33. The lowest BCUT2D eigenvalue weighted by atomic mass is 9.87. The molecule has 1 saturated heterocycles. The van der Waals surface area contributed by atoms with Crippen LogP contribution in [-0.2, 0) is 6.54 Å². The fourth-order valence-corrected chi connectivity index (χ4v) is 4.40. The second kappa shape index (κ2) is 5.79. The van der Waals surface area contributed by atoms with Crippen LogP contribution < -0.4 is 5.32 Å². The SMILES string of the molecule is CC1(C)CSCC(NCc2cccc3ccccc23)C1. The van der Waals surface area contributed by atoms with Gasteiger partial charge in [0.25, 0.3) is 0 Å². The summed E-state index contributed by atoms with van der Waals surface area (Å²) in [7, 11) is 0. The smallest absolute Gasteiger partial charge is 0.0214 e. The first-order valence-electron chi connectivity index (χ1n) is 7.42. The monoisotopic (exact) mass is 285 g/mol. The van der Waals surface area contributed by atoms with Crippen LogP contribution in [0, 0.1) is 5.41 Å². The zero-order valence-corrected chi connectivity index (χ0v) is 13.2. The maximum atomic E-state index is 3.76. The fourth-order valence-electron chi connectivity index (χ4n) is 3.09. The lowest BCUT2D eigenvalue weighted by Crippen LogP contribution is -2.39. The molecular weight excluding hydrogens is 262 g/mol. The van der Waals surface area contributed by atoms with Crippen LogP contribution in [0.4, 0.5) is 0 Å². The van der Waals surface area contributed by atoms with E-state index in [0.29, 0.717) is 11.5 Å². The van der Waals surface area contributed by atoms with Gasteiger partial charge in [-0.05, 0) is 33.9 Å². The van der Waals surface area contributed by atoms with Gasteiger partial charge in [-0.25, -0.2) is 0 Å². The third-order valence-electron chi connectivity index (χ3n) is 4.07. The number of hydrogen-bond donors (Lipinski definition) is 1. The third kappa shape index (κ3) is 3.18. The molecule has 1 unspecified atom stereocenters. The number of hydrogen-bond acceptors (Lipinski definition) is 2. The van der Waals surface area contributed by atoms with E-state index in [1.54, 1.807) is 0 Å². The molecule has 2 aromatic carbocycles. The van der Waals surface area contributed by atoms with Gasteiger partial charge >= 0.3 is 0 Å². The lowest BCUT2D eigenvalue weighted by molar-refractivity contribution is 0.317. The molecule has 1 N–H and O–H groups in total. The lowest BCUT2D eigenvalue weighted by Gasteiger charge is -2.35. The van der Waals surface area contributed by atoms with Crippen molar-refractivity contribution in [3.8, 4) is 0 Å². The Morgan fingerprint density at radius 3 is 2.80 bits per heavy atom. The Hall–Kier alpha value is -0.990. The van der Waals surface area contributed by atoms with Gasteiger partial charge in [-0.3, -0.25) is 0 Å². The van der Waals surface area contributed by atoms with E-state index in [9.17, 15) is 0 Å². The summed E-state index contributed by atoms with van der Waals surface area (Å²) in [5, 5.41) is 6.48. The Labute approximate surface area is 126 Å². The quantitative estimate of drug-likeness (QED) is 0.893. The van der Waals surface area contributed by atoms with Crippen LogP contribution in [0.3, 0.4) is 0 Å². The molecule has 0 saturated carbocycles. The van der Waals surface area contributed by atoms with E-state index in [2.05, 4.69) is 73.4 Å². The van der Waals surface area contributed by atoms with Gasteiger partial charge in [-0.2, -0.15) is 11.8 Å². The molecular formula is C18H23NS. The average Bonchev–Trinajstić information content (AvgIpc) is 2.44. The molecule has 2 aromatic rings. The van der Waals surface area contributed by atoms with Crippen molar-refractivity contribution in [1.29, 1.82) is 0 Å². The summed E-state index contributed by atoms with van der Waals surface area (Å²) in [6.07, 6.45) is 1.28. The van der Waals surface area contributed by atoms with E-state index in [1.807, 2.05) is 0 Å². The van der Waals surface area contributed by atoms with Gasteiger partial charge in [-0.15, -0.1) is 0 Å². The topological polar surface area (TPSA) is 12.0 Å². The van der Waals surface area contributed by atoms with Gasteiger partial charge in [-0.1, -0.05) is 56.3 Å². The maximum absolute atomic E-state index is 3.76. The zero-order valence-electron chi connectivity index (χ0n) is 12.4. The van der Waals surface area contributed by atoms with E-state index in [4.69, 9.17) is 0 Å². The van der Waals surface area contributed by atoms with Crippen LogP contribution in [-0.4, -0.2) is 17.5 Å². The summed E-state index contributed by atoms with van der Waals surface area (Å²) < 4.78 is 0. The van der Waals surface area contributed by atoms with Crippen molar-refractivity contribution in [3.63, 3.8) is 0 Å². The van der Waals surface area contributed by atoms with Crippen molar-refractivity contribution in [2.45, 2.75) is 32.9 Å². The van der Waals surface area contributed by atoms with Crippen molar-refractivity contribution in [1.82, 2.24) is 5.32 Å². The van der Waals surface area contributed by atoms with Gasteiger partial charge in [0.05, 0.1) is 0 Å². The van der Waals surface area contributed by atoms with E-state index in [1.165, 1.54) is 34.3 Å². The van der Waals surface area contributed by atoms with Crippen LogP contribution in [0.25, 0.3) is 10.8 Å². The number of benzene rings is 2. The molecule has 1 heterocycles. The molecule has 106 valence electrons. The first kappa shape index (κ1) is 14.0. The minimum Gasteiger partial charge on any atom is -0.309 e. The fraction of sp³-hybridized carbons (Fsp3) is 0.444. The van der Waals surface area contributed by atoms with Crippen molar-refractivity contribution in [2.24, 2.45) is 5.41 Å². The average molecular weight is 285 g/mol. The first-order valence-corrected chi connectivity index (χ1v) is 8.57. The predicted molar refractivity (Wildman–Crippen MR) is 90.3 cm³/mol. The Kier molecular flexibility index (Phi) is 4.04. The minimum absolute atomic E-state index is 0.472. The van der Waals surface area contributed by atoms with Crippen molar-refractivity contribution in [3.05, 3.63) is 48.0 Å². The van der Waals surface area contributed by atoms with Crippen molar-refractivity contribution < 1.29 is 0 Å². The number of thioether (sulfide) groups is 1. The van der Waals surface area contributed by atoms with Crippen LogP contribution in [0.1, 0.15) is 25.8 Å². The molecule has 0 bridgehead atoms. The molecule has 0 spiro atoms. The van der Waals surface area contributed by atoms with Gasteiger partial charge in [0.15, 0.2) is 0 Å². The van der Waals surface area contributed by atoms with Gasteiger partial charge in [0, 0.05) is 18.3 Å². The number of rotatable bonds is 3. The van der Waals surface area contributed by atoms with Crippen LogP contribution >= 0.6 is 11.8 Å². The number of fused-ring (bicyclic) bond motifs is 1. The second-order valence-electron chi connectivity index (χ2n) is 6.60. The van der Waals surface area contributed by atoms with Crippen molar-refractivity contribution >= 4 is 22.5 Å². The molecule has 1 atom stereocenters. The maximum Gasteiger partial charge on any atom is 0.0214 e. The van der Waals surface area contributed by atoms with E-state index in [-0.39, 0.29) is 0 Å². The van der Waals surface area contributed by atoms with E-state index < -0.39 is 0 Å². The van der Waals surface area contributed by atoms with Gasteiger partial charge in [0.1, 0.15) is 0 Å². The minimum atomic E-state index is 0.472. The summed E-state index contributed by atoms with van der Waals surface area (Å²) in [5.74, 6) is 2.54. The Bertz CT molecular complexity index is 585. The molecule has 1 aliphatic rings. The zero-order chi connectivity index (χ0) is 14.0. The molecule has 1 nitrogen and oxygen atoms in total. The van der Waals surface area contributed by atoms with Crippen LogP contribution in [0.5, 0.6) is 0 Å². The molecule has 0 aliphatic carbocycles. The first-order chi connectivity index (χ1) is 9.64. The van der Waals surface area contributed by atoms with Crippen molar-refractivity contribution in [2.75, 3.05) is 11.5 Å². The van der Waals surface area contributed by atoms with Gasteiger partial charge < -0.3 is 5.32 Å². The third-order valence-corrected chi connectivity index (χ3v) is 5.70. The summed E-state index contributed by atoms with van der Waals surface area (Å²) in [6.45, 7) is 5.74. The summed E-state index contributed by atoms with van der Waals surface area (Å²) in [5.41, 5.74) is 1.88. The largest absolute Gasteiger partial charge is 0.309 e. The highest BCUT2D eigenvalue weighted by Gasteiger charge is 2.27. The number of nitrogens with one attached hydrogen (secondary N) is 1. The molecule has 2 heteroatoms. The Morgan fingerprint density at radius 1 is 1.15 bits per heavy atom. The summed E-state index contributed by atoms with van der Waals surface area (Å²) in [6, 6.07) is 15.9. The molecule has 0 amide bonds. The molecule has 1 fully saturated rings. The Balaban J connectivity index is 1.71. The molecule has 20 heavy (non-hydrogen) atoms. The van der Waals surface area contributed by atoms with E-state index >= 15 is 0 Å². The second-order valence-corrected chi connectivity index (χ2v) is 7.63. The highest BCUT2D eigenvalue weighted by atomic mass is 32.2. The predicted octanol–water partition coefficient (Wildman–Crippen LogP) is 4.46. The molecule has 3 rings (SSSR count). The van der Waals surface area contributed by atoms with E-state index in [0.717, 1.165) is 6.54 Å². The molecule has 1 aliphatic heterocycles. The summed E-state index contributed by atoms with van der Waals surface area (Å²) in [4.78, 5) is 0. The molecule has 0 aromatic heterocycles. The standard InChI is InChI=1S/C18H23NS/c1-18(2)10-16(12-20-13-18)19-11-15-8-5-7-14-6-3-4-9-17(14)15/h3-9,16,19H,10-13H2,1-2H3. The van der Waals surface area contributed by atoms with Gasteiger partial charge in [0.2, 0.25) is 0 Å². The van der Waals surface area contributed by atoms with Crippen LogP contribution in [0.15, 0.2) is 42.5 Å².